The van der Waals surface area contributed by atoms with E-state index in [1.807, 2.05) is 13.0 Å². The van der Waals surface area contributed by atoms with Crippen molar-refractivity contribution in [1.29, 1.82) is 0 Å². The normalized spacial score (nSPS) is 14.8. The van der Waals surface area contributed by atoms with Crippen LogP contribution >= 0.6 is 0 Å². The van der Waals surface area contributed by atoms with Crippen molar-refractivity contribution in [1.82, 2.24) is 5.32 Å². The number of hydrogen-bond donors (Lipinski definition) is 2. The summed E-state index contributed by atoms with van der Waals surface area (Å²) in [6.45, 7) is 2.83. The van der Waals surface area contributed by atoms with Gasteiger partial charge in [-0.05, 0) is 68.1 Å². The average molecular weight is 360 g/mol. The highest BCUT2D eigenvalue weighted by molar-refractivity contribution is 5.97. The Bertz CT molecular complexity index is 799. The van der Waals surface area contributed by atoms with Crippen LogP contribution in [0.25, 0.3) is 0 Å². The molecular weight excluding hydrogens is 338 g/mol. The molecule has 2 aromatic carbocycles. The lowest BCUT2D eigenvalue weighted by atomic mass is 10.0. The maximum absolute atomic E-state index is 13.5. The first-order valence-electron chi connectivity index (χ1n) is 8.66. The number of halogens is 2. The summed E-state index contributed by atoms with van der Waals surface area (Å²) in [6, 6.07) is 8.68. The maximum atomic E-state index is 13.5. The molecule has 1 fully saturated rings. The summed E-state index contributed by atoms with van der Waals surface area (Å²) in [4.78, 5) is 12.8. The van der Waals surface area contributed by atoms with Crippen molar-refractivity contribution in [2.24, 2.45) is 5.73 Å². The minimum atomic E-state index is -0.723. The molecule has 4 nitrogen and oxygen atoms in total. The third-order valence-corrected chi connectivity index (χ3v) is 4.51. The number of carbonyl (C=O) groups is 1. The SMILES string of the molecule is Cc1ccc(C(=O)NC2(c3cc(F)cc(F)c3)CC2)c(OCCCN)c1. The minimum Gasteiger partial charge on any atom is -0.493 e. The van der Waals surface area contributed by atoms with E-state index in [1.165, 1.54) is 12.1 Å². The summed E-state index contributed by atoms with van der Waals surface area (Å²) in [5.74, 6) is -1.14. The zero-order valence-corrected chi connectivity index (χ0v) is 14.6. The highest BCUT2D eigenvalue weighted by Crippen LogP contribution is 2.46. The first-order valence-corrected chi connectivity index (χ1v) is 8.66. The number of benzene rings is 2. The van der Waals surface area contributed by atoms with Crippen LogP contribution in [-0.4, -0.2) is 19.1 Å². The molecular formula is C20H22F2N2O2. The predicted molar refractivity (Wildman–Crippen MR) is 95.1 cm³/mol. The van der Waals surface area contributed by atoms with E-state index >= 15 is 0 Å². The first-order chi connectivity index (χ1) is 12.4. The van der Waals surface area contributed by atoms with Gasteiger partial charge in [-0.25, -0.2) is 8.78 Å². The number of nitrogens with two attached hydrogens (primary N) is 1. The van der Waals surface area contributed by atoms with E-state index in [1.54, 1.807) is 12.1 Å². The summed E-state index contributed by atoms with van der Waals surface area (Å²) < 4.78 is 32.8. The second-order valence-corrected chi connectivity index (χ2v) is 6.68. The van der Waals surface area contributed by atoms with Gasteiger partial charge in [0.2, 0.25) is 0 Å². The summed E-state index contributed by atoms with van der Waals surface area (Å²) in [5, 5.41) is 2.93. The van der Waals surface area contributed by atoms with E-state index in [2.05, 4.69) is 5.32 Å². The fourth-order valence-electron chi connectivity index (χ4n) is 2.93. The van der Waals surface area contributed by atoms with Crippen molar-refractivity contribution in [2.45, 2.75) is 31.7 Å². The molecule has 3 N–H and O–H groups in total. The molecule has 1 amide bonds. The topological polar surface area (TPSA) is 64.3 Å². The zero-order chi connectivity index (χ0) is 18.7. The van der Waals surface area contributed by atoms with E-state index in [0.717, 1.165) is 11.6 Å². The molecule has 1 saturated carbocycles. The van der Waals surface area contributed by atoms with Crippen molar-refractivity contribution in [3.8, 4) is 5.75 Å². The highest BCUT2D eigenvalue weighted by Gasteiger charge is 2.46. The predicted octanol–water partition coefficient (Wildman–Crippen LogP) is 3.42. The van der Waals surface area contributed by atoms with Crippen LogP contribution in [-0.2, 0) is 5.54 Å². The number of nitrogens with one attached hydrogen (secondary N) is 1. The molecule has 1 aliphatic rings. The van der Waals surface area contributed by atoms with Gasteiger partial charge in [0.25, 0.3) is 5.91 Å². The van der Waals surface area contributed by atoms with Gasteiger partial charge in [0.1, 0.15) is 17.4 Å². The summed E-state index contributed by atoms with van der Waals surface area (Å²) in [7, 11) is 0. The molecule has 0 bridgehead atoms. The third-order valence-electron chi connectivity index (χ3n) is 4.51. The Hall–Kier alpha value is -2.47. The van der Waals surface area contributed by atoms with Crippen LogP contribution in [0.15, 0.2) is 36.4 Å². The standard InChI is InChI=1S/C20H22F2N2O2/c1-13-3-4-17(18(9-13)26-8-2-7-23)19(25)24-20(5-6-20)14-10-15(21)12-16(22)11-14/h3-4,9-12H,2,5-8,23H2,1H3,(H,24,25). The van der Waals surface area contributed by atoms with Crippen molar-refractivity contribution < 1.29 is 18.3 Å². The molecule has 0 heterocycles. The van der Waals surface area contributed by atoms with Crippen LogP contribution in [0.5, 0.6) is 5.75 Å². The minimum absolute atomic E-state index is 0.324. The summed E-state index contributed by atoms with van der Waals surface area (Å²) >= 11 is 0. The van der Waals surface area contributed by atoms with Crippen molar-refractivity contribution in [2.75, 3.05) is 13.2 Å². The van der Waals surface area contributed by atoms with E-state index in [-0.39, 0.29) is 5.91 Å². The molecule has 0 radical (unpaired) electrons. The van der Waals surface area contributed by atoms with Crippen molar-refractivity contribution in [3.05, 3.63) is 64.7 Å². The van der Waals surface area contributed by atoms with Crippen molar-refractivity contribution in [3.63, 3.8) is 0 Å². The Labute approximate surface area is 151 Å². The highest BCUT2D eigenvalue weighted by atomic mass is 19.1. The molecule has 0 atom stereocenters. The molecule has 0 aliphatic heterocycles. The molecule has 0 aromatic heterocycles. The molecule has 2 aromatic rings. The molecule has 138 valence electrons. The van der Waals surface area contributed by atoms with Crippen LogP contribution in [0.4, 0.5) is 8.78 Å². The smallest absolute Gasteiger partial charge is 0.255 e. The van der Waals surface area contributed by atoms with Crippen LogP contribution in [0.1, 0.15) is 40.7 Å². The van der Waals surface area contributed by atoms with Crippen molar-refractivity contribution >= 4 is 5.91 Å². The lowest BCUT2D eigenvalue weighted by Crippen LogP contribution is -2.35. The second-order valence-electron chi connectivity index (χ2n) is 6.68. The van der Waals surface area contributed by atoms with Gasteiger partial charge in [-0.1, -0.05) is 6.07 Å². The molecule has 0 spiro atoms. The third kappa shape index (κ3) is 4.02. The number of ether oxygens (including phenoxy) is 1. The Morgan fingerprint density at radius 1 is 1.19 bits per heavy atom. The first kappa shape index (κ1) is 18.3. The van der Waals surface area contributed by atoms with Crippen LogP contribution < -0.4 is 15.8 Å². The average Bonchev–Trinajstić information content (AvgIpc) is 3.35. The molecule has 6 heteroatoms. The fourth-order valence-corrected chi connectivity index (χ4v) is 2.93. The lowest BCUT2D eigenvalue weighted by molar-refractivity contribution is 0.0926. The molecule has 0 unspecified atom stereocenters. The van der Waals surface area contributed by atoms with Gasteiger partial charge in [0.05, 0.1) is 17.7 Å². The quantitative estimate of drug-likeness (QED) is 0.744. The van der Waals surface area contributed by atoms with Gasteiger partial charge in [-0.3, -0.25) is 4.79 Å². The van der Waals surface area contributed by atoms with Gasteiger partial charge >= 0.3 is 0 Å². The van der Waals surface area contributed by atoms with E-state index in [0.29, 0.717) is 49.3 Å². The van der Waals surface area contributed by atoms with Gasteiger partial charge < -0.3 is 15.8 Å². The number of aryl methyl sites for hydroxylation is 1. The molecule has 0 saturated heterocycles. The number of rotatable bonds is 7. The monoisotopic (exact) mass is 360 g/mol. The Morgan fingerprint density at radius 3 is 2.50 bits per heavy atom. The Morgan fingerprint density at radius 2 is 1.88 bits per heavy atom. The fraction of sp³-hybridized carbons (Fsp3) is 0.350. The van der Waals surface area contributed by atoms with E-state index in [4.69, 9.17) is 10.5 Å². The number of carbonyl (C=O) groups excluding carboxylic acids is 1. The molecule has 3 rings (SSSR count). The summed E-state index contributed by atoms with van der Waals surface area (Å²) in [6.07, 6.45) is 1.95. The summed E-state index contributed by atoms with van der Waals surface area (Å²) in [5.41, 5.74) is 6.57. The number of hydrogen-bond acceptors (Lipinski definition) is 3. The van der Waals surface area contributed by atoms with Gasteiger partial charge in [0, 0.05) is 6.07 Å². The van der Waals surface area contributed by atoms with Gasteiger partial charge in [-0.2, -0.15) is 0 Å². The van der Waals surface area contributed by atoms with Gasteiger partial charge in [-0.15, -0.1) is 0 Å². The molecule has 26 heavy (non-hydrogen) atoms. The lowest BCUT2D eigenvalue weighted by Gasteiger charge is -2.20. The Balaban J connectivity index is 1.81. The van der Waals surface area contributed by atoms with Crippen LogP contribution in [0, 0.1) is 18.6 Å². The Kier molecular flexibility index (Phi) is 5.23. The second kappa shape index (κ2) is 7.41. The molecule has 1 aliphatic carbocycles. The van der Waals surface area contributed by atoms with Crippen LogP contribution in [0.2, 0.25) is 0 Å². The van der Waals surface area contributed by atoms with Crippen LogP contribution in [0.3, 0.4) is 0 Å². The van der Waals surface area contributed by atoms with Gasteiger partial charge in [0.15, 0.2) is 0 Å². The number of amides is 1. The van der Waals surface area contributed by atoms with E-state index < -0.39 is 17.2 Å². The maximum Gasteiger partial charge on any atom is 0.255 e. The largest absolute Gasteiger partial charge is 0.493 e. The van der Waals surface area contributed by atoms with E-state index in [9.17, 15) is 13.6 Å². The zero-order valence-electron chi connectivity index (χ0n) is 14.6.